The molecule has 0 radical (unpaired) electrons. The summed E-state index contributed by atoms with van der Waals surface area (Å²) in [4.78, 5) is 4.08. The summed E-state index contributed by atoms with van der Waals surface area (Å²) in [5.74, 6) is 0.397. The SMILES string of the molecule is Cc1ccc(Br)cc1S(=O)(=O)NCCc1ncno1. The van der Waals surface area contributed by atoms with Gasteiger partial charge in [0.2, 0.25) is 15.9 Å². The Kier molecular flexibility index (Phi) is 4.33. The fourth-order valence-electron chi connectivity index (χ4n) is 1.54. The van der Waals surface area contributed by atoms with E-state index in [0.29, 0.717) is 17.9 Å². The topological polar surface area (TPSA) is 85.1 Å². The first-order valence-electron chi connectivity index (χ1n) is 5.50. The second kappa shape index (κ2) is 5.81. The Morgan fingerprint density at radius 3 is 2.89 bits per heavy atom. The van der Waals surface area contributed by atoms with Crippen LogP contribution in [0.5, 0.6) is 0 Å². The van der Waals surface area contributed by atoms with E-state index in [4.69, 9.17) is 4.52 Å². The van der Waals surface area contributed by atoms with Gasteiger partial charge in [-0.05, 0) is 24.6 Å². The van der Waals surface area contributed by atoms with Crippen LogP contribution in [0, 0.1) is 6.92 Å². The number of rotatable bonds is 5. The van der Waals surface area contributed by atoms with Gasteiger partial charge < -0.3 is 4.52 Å². The normalized spacial score (nSPS) is 11.7. The molecule has 19 heavy (non-hydrogen) atoms. The number of aromatic nitrogens is 2. The standard InChI is InChI=1S/C11H12BrN3O3S/c1-8-2-3-9(12)6-10(8)19(16,17)15-5-4-11-13-7-14-18-11/h2-3,6-7,15H,4-5H2,1H3. The van der Waals surface area contributed by atoms with E-state index in [2.05, 4.69) is 30.8 Å². The Labute approximate surface area is 119 Å². The van der Waals surface area contributed by atoms with E-state index in [1.165, 1.54) is 6.33 Å². The van der Waals surface area contributed by atoms with Gasteiger partial charge in [-0.15, -0.1) is 0 Å². The Hall–Kier alpha value is -1.25. The molecule has 6 nitrogen and oxygen atoms in total. The predicted octanol–water partition coefficient (Wildman–Crippen LogP) is 1.66. The highest BCUT2D eigenvalue weighted by molar-refractivity contribution is 9.10. The van der Waals surface area contributed by atoms with E-state index in [0.717, 1.165) is 4.47 Å². The molecule has 1 aromatic carbocycles. The van der Waals surface area contributed by atoms with Crippen molar-refractivity contribution in [2.45, 2.75) is 18.2 Å². The van der Waals surface area contributed by atoms with Gasteiger partial charge in [0.15, 0.2) is 6.33 Å². The average molecular weight is 346 g/mol. The van der Waals surface area contributed by atoms with Gasteiger partial charge in [0.05, 0.1) is 4.90 Å². The fraction of sp³-hybridized carbons (Fsp3) is 0.273. The van der Waals surface area contributed by atoms with Crippen molar-refractivity contribution in [1.82, 2.24) is 14.9 Å². The third kappa shape index (κ3) is 3.62. The van der Waals surface area contributed by atoms with Crippen molar-refractivity contribution >= 4 is 26.0 Å². The van der Waals surface area contributed by atoms with Crippen molar-refractivity contribution in [3.8, 4) is 0 Å². The highest BCUT2D eigenvalue weighted by Crippen LogP contribution is 2.20. The molecule has 102 valence electrons. The highest BCUT2D eigenvalue weighted by Gasteiger charge is 2.16. The second-order valence-corrected chi connectivity index (χ2v) is 6.54. The zero-order chi connectivity index (χ0) is 13.9. The summed E-state index contributed by atoms with van der Waals surface area (Å²) < 4.78 is 32.3. The van der Waals surface area contributed by atoms with Gasteiger partial charge in [0.1, 0.15) is 0 Å². The molecule has 0 bridgehead atoms. The molecule has 0 fully saturated rings. The van der Waals surface area contributed by atoms with Crippen LogP contribution < -0.4 is 4.72 Å². The largest absolute Gasteiger partial charge is 0.340 e. The van der Waals surface area contributed by atoms with E-state index in [1.54, 1.807) is 25.1 Å². The summed E-state index contributed by atoms with van der Waals surface area (Å²) in [6.45, 7) is 1.95. The number of benzene rings is 1. The maximum absolute atomic E-state index is 12.1. The summed E-state index contributed by atoms with van der Waals surface area (Å²) in [5.41, 5.74) is 0.688. The van der Waals surface area contributed by atoms with Gasteiger partial charge in [-0.2, -0.15) is 4.98 Å². The molecular formula is C11H12BrN3O3S. The first-order valence-corrected chi connectivity index (χ1v) is 7.78. The van der Waals surface area contributed by atoms with Crippen molar-refractivity contribution in [2.24, 2.45) is 0 Å². The lowest BCUT2D eigenvalue weighted by molar-refractivity contribution is 0.377. The number of aryl methyl sites for hydroxylation is 1. The Bertz CT molecular complexity index is 656. The third-order valence-electron chi connectivity index (χ3n) is 2.48. The summed E-state index contributed by atoms with van der Waals surface area (Å²) in [6, 6.07) is 5.12. The van der Waals surface area contributed by atoms with Gasteiger partial charge in [-0.3, -0.25) is 0 Å². The molecule has 0 saturated carbocycles. The Balaban J connectivity index is 2.07. The Morgan fingerprint density at radius 2 is 2.21 bits per heavy atom. The second-order valence-electron chi connectivity index (χ2n) is 3.89. The van der Waals surface area contributed by atoms with Crippen LogP contribution in [0.2, 0.25) is 0 Å². The zero-order valence-corrected chi connectivity index (χ0v) is 12.5. The molecule has 0 aliphatic heterocycles. The van der Waals surface area contributed by atoms with Crippen LogP contribution >= 0.6 is 15.9 Å². The molecule has 1 N–H and O–H groups in total. The number of halogens is 1. The van der Waals surface area contributed by atoms with Crippen molar-refractivity contribution < 1.29 is 12.9 Å². The van der Waals surface area contributed by atoms with Gasteiger partial charge in [0.25, 0.3) is 0 Å². The summed E-state index contributed by atoms with van der Waals surface area (Å²) in [7, 11) is -3.54. The van der Waals surface area contributed by atoms with Crippen molar-refractivity contribution in [3.05, 3.63) is 40.5 Å². The molecule has 1 aromatic heterocycles. The molecule has 0 spiro atoms. The molecule has 2 rings (SSSR count). The molecule has 8 heteroatoms. The van der Waals surface area contributed by atoms with Crippen LogP contribution in [-0.2, 0) is 16.4 Å². The predicted molar refractivity (Wildman–Crippen MR) is 72.1 cm³/mol. The van der Waals surface area contributed by atoms with Crippen LogP contribution in [0.3, 0.4) is 0 Å². The molecule has 0 amide bonds. The van der Waals surface area contributed by atoms with E-state index in [9.17, 15) is 8.42 Å². The monoisotopic (exact) mass is 345 g/mol. The minimum Gasteiger partial charge on any atom is -0.340 e. The van der Waals surface area contributed by atoms with E-state index in [1.807, 2.05) is 0 Å². The minimum absolute atomic E-state index is 0.205. The number of hydrogen-bond acceptors (Lipinski definition) is 5. The summed E-state index contributed by atoms with van der Waals surface area (Å²) in [6.07, 6.45) is 1.63. The van der Waals surface area contributed by atoms with Crippen LogP contribution in [0.15, 0.2) is 38.4 Å². The number of hydrogen-bond donors (Lipinski definition) is 1. The minimum atomic E-state index is -3.54. The van der Waals surface area contributed by atoms with E-state index >= 15 is 0 Å². The first-order chi connectivity index (χ1) is 8.99. The van der Waals surface area contributed by atoms with Crippen LogP contribution in [0.1, 0.15) is 11.5 Å². The first kappa shape index (κ1) is 14.2. The lowest BCUT2D eigenvalue weighted by Gasteiger charge is -2.08. The smallest absolute Gasteiger partial charge is 0.240 e. The van der Waals surface area contributed by atoms with Crippen LogP contribution in [0.4, 0.5) is 0 Å². The number of sulfonamides is 1. The molecule has 0 aliphatic rings. The lowest BCUT2D eigenvalue weighted by Crippen LogP contribution is -2.26. The third-order valence-corrected chi connectivity index (χ3v) is 4.57. The maximum atomic E-state index is 12.1. The van der Waals surface area contributed by atoms with Gasteiger partial charge >= 0.3 is 0 Å². The quantitative estimate of drug-likeness (QED) is 0.890. The summed E-state index contributed by atoms with van der Waals surface area (Å²) in [5, 5.41) is 3.45. The molecule has 0 aliphatic carbocycles. The molecule has 0 atom stereocenters. The zero-order valence-electron chi connectivity index (χ0n) is 10.1. The fourth-order valence-corrected chi connectivity index (χ4v) is 3.35. The summed E-state index contributed by atoms with van der Waals surface area (Å²) >= 11 is 3.26. The highest BCUT2D eigenvalue weighted by atomic mass is 79.9. The van der Waals surface area contributed by atoms with E-state index < -0.39 is 10.0 Å². The van der Waals surface area contributed by atoms with Crippen molar-refractivity contribution in [1.29, 1.82) is 0 Å². The van der Waals surface area contributed by atoms with Gasteiger partial charge in [-0.25, -0.2) is 13.1 Å². The average Bonchev–Trinajstić information content (AvgIpc) is 2.85. The van der Waals surface area contributed by atoms with Crippen LogP contribution in [0.25, 0.3) is 0 Å². The molecular weight excluding hydrogens is 334 g/mol. The number of nitrogens with zero attached hydrogens (tertiary/aromatic N) is 2. The van der Waals surface area contributed by atoms with Crippen molar-refractivity contribution in [2.75, 3.05) is 6.54 Å². The molecule has 0 saturated heterocycles. The molecule has 0 unspecified atom stereocenters. The van der Waals surface area contributed by atoms with Gasteiger partial charge in [-0.1, -0.05) is 27.2 Å². The van der Waals surface area contributed by atoms with Crippen LogP contribution in [-0.4, -0.2) is 25.1 Å². The number of nitrogens with one attached hydrogen (secondary N) is 1. The lowest BCUT2D eigenvalue weighted by atomic mass is 10.2. The molecule has 2 aromatic rings. The van der Waals surface area contributed by atoms with E-state index in [-0.39, 0.29) is 11.4 Å². The molecule has 1 heterocycles. The maximum Gasteiger partial charge on any atom is 0.240 e. The van der Waals surface area contributed by atoms with Crippen molar-refractivity contribution in [3.63, 3.8) is 0 Å². The van der Waals surface area contributed by atoms with Gasteiger partial charge in [0, 0.05) is 17.4 Å². The Morgan fingerprint density at radius 1 is 1.42 bits per heavy atom.